The Morgan fingerprint density at radius 2 is 2.17 bits per heavy atom. The van der Waals surface area contributed by atoms with Crippen LogP contribution in [0.3, 0.4) is 0 Å². The van der Waals surface area contributed by atoms with Crippen LogP contribution in [0.25, 0.3) is 0 Å². The summed E-state index contributed by atoms with van der Waals surface area (Å²) in [7, 11) is -3.16. The van der Waals surface area contributed by atoms with Gasteiger partial charge in [0.2, 0.25) is 10.0 Å². The molecule has 1 aromatic rings. The molecule has 2 fully saturated rings. The number of carbonyl (C=O) groups is 1. The van der Waals surface area contributed by atoms with Gasteiger partial charge >= 0.3 is 0 Å². The van der Waals surface area contributed by atoms with Crippen molar-refractivity contribution in [1.82, 2.24) is 9.62 Å². The summed E-state index contributed by atoms with van der Waals surface area (Å²) in [4.78, 5) is 14.0. The quantitative estimate of drug-likeness (QED) is 0.872. The number of rotatable bonds is 4. The van der Waals surface area contributed by atoms with Gasteiger partial charge in [0.05, 0.1) is 26.0 Å². The third-order valence-corrected chi connectivity index (χ3v) is 5.16. The normalized spacial score (nSPS) is 23.7. The molecule has 3 heterocycles. The summed E-state index contributed by atoms with van der Waals surface area (Å²) in [5.74, 6) is 1.17. The molecule has 7 nitrogen and oxygen atoms in total. The van der Waals surface area contributed by atoms with Crippen molar-refractivity contribution in [1.29, 1.82) is 0 Å². The summed E-state index contributed by atoms with van der Waals surface area (Å²) in [5.41, 5.74) is -0.265. The number of hydrogen-bond donors (Lipinski definition) is 1. The summed E-state index contributed by atoms with van der Waals surface area (Å²) >= 11 is 0. The standard InChI is InChI=1S/C15H22N2O5S/c1-11-3-4-13(22-11)14(18)17-9-15(10-17)6-5-12(8-21-15)7-16-23(2,19)20/h3-4,12,16H,5-10H2,1-2H3/t12-/m0/s1. The number of nitrogens with one attached hydrogen (secondary N) is 1. The Kier molecular flexibility index (Phi) is 4.24. The molecular formula is C15H22N2O5S. The van der Waals surface area contributed by atoms with Gasteiger partial charge in [-0.3, -0.25) is 4.79 Å². The third-order valence-electron chi connectivity index (χ3n) is 4.46. The first-order valence-electron chi connectivity index (χ1n) is 7.71. The van der Waals surface area contributed by atoms with E-state index in [1.165, 1.54) is 0 Å². The maximum absolute atomic E-state index is 12.2. The van der Waals surface area contributed by atoms with Crippen LogP contribution in [0, 0.1) is 12.8 Å². The average Bonchev–Trinajstić information content (AvgIpc) is 2.88. The molecule has 0 aromatic carbocycles. The van der Waals surface area contributed by atoms with Crippen molar-refractivity contribution in [3.63, 3.8) is 0 Å². The Bertz CT molecular complexity index is 680. The zero-order chi connectivity index (χ0) is 16.7. The zero-order valence-electron chi connectivity index (χ0n) is 13.4. The molecule has 0 bridgehead atoms. The van der Waals surface area contributed by atoms with Crippen molar-refractivity contribution < 1.29 is 22.4 Å². The van der Waals surface area contributed by atoms with Crippen LogP contribution in [0.4, 0.5) is 0 Å². The van der Waals surface area contributed by atoms with Gasteiger partial charge in [-0.1, -0.05) is 0 Å². The molecule has 0 unspecified atom stereocenters. The molecule has 23 heavy (non-hydrogen) atoms. The second-order valence-electron chi connectivity index (χ2n) is 6.59. The lowest BCUT2D eigenvalue weighted by Crippen LogP contribution is -2.66. The minimum atomic E-state index is -3.16. The van der Waals surface area contributed by atoms with Gasteiger partial charge in [0, 0.05) is 6.54 Å². The molecule has 1 amide bonds. The van der Waals surface area contributed by atoms with E-state index < -0.39 is 10.0 Å². The summed E-state index contributed by atoms with van der Waals surface area (Å²) in [6.45, 7) is 3.87. The summed E-state index contributed by atoms with van der Waals surface area (Å²) in [6, 6.07) is 3.47. The van der Waals surface area contributed by atoms with E-state index in [4.69, 9.17) is 9.15 Å². The Morgan fingerprint density at radius 1 is 1.43 bits per heavy atom. The van der Waals surface area contributed by atoms with Gasteiger partial charge in [-0.2, -0.15) is 0 Å². The molecule has 3 rings (SSSR count). The number of hydrogen-bond acceptors (Lipinski definition) is 5. The lowest BCUT2D eigenvalue weighted by Gasteiger charge is -2.52. The Morgan fingerprint density at radius 3 is 2.70 bits per heavy atom. The highest BCUT2D eigenvalue weighted by atomic mass is 32.2. The van der Waals surface area contributed by atoms with Crippen LogP contribution in [0.2, 0.25) is 0 Å². The molecule has 1 spiro atoms. The van der Waals surface area contributed by atoms with E-state index in [0.717, 1.165) is 24.9 Å². The molecule has 128 valence electrons. The second kappa shape index (κ2) is 5.92. The maximum Gasteiger partial charge on any atom is 0.289 e. The van der Waals surface area contributed by atoms with Crippen molar-refractivity contribution in [2.75, 3.05) is 32.5 Å². The highest BCUT2D eigenvalue weighted by molar-refractivity contribution is 7.88. The molecule has 8 heteroatoms. The average molecular weight is 342 g/mol. The summed E-state index contributed by atoms with van der Waals surface area (Å²) in [5, 5.41) is 0. The third kappa shape index (κ3) is 3.76. The van der Waals surface area contributed by atoms with Gasteiger partial charge in [0.15, 0.2) is 5.76 Å². The molecule has 2 saturated heterocycles. The lowest BCUT2D eigenvalue weighted by atomic mass is 9.83. The largest absolute Gasteiger partial charge is 0.456 e. The van der Waals surface area contributed by atoms with Crippen molar-refractivity contribution in [3.8, 4) is 0 Å². The van der Waals surface area contributed by atoms with Gasteiger partial charge < -0.3 is 14.1 Å². The van der Waals surface area contributed by atoms with E-state index >= 15 is 0 Å². The molecular weight excluding hydrogens is 320 g/mol. The lowest BCUT2D eigenvalue weighted by molar-refractivity contribution is -0.166. The van der Waals surface area contributed by atoms with Crippen LogP contribution in [-0.2, 0) is 14.8 Å². The monoisotopic (exact) mass is 342 g/mol. The summed E-state index contributed by atoms with van der Waals surface area (Å²) in [6.07, 6.45) is 2.89. The molecule has 1 N–H and O–H groups in total. The maximum atomic E-state index is 12.2. The molecule has 1 aromatic heterocycles. The first-order valence-corrected chi connectivity index (χ1v) is 9.60. The van der Waals surface area contributed by atoms with Gasteiger partial charge in [0.1, 0.15) is 11.4 Å². The number of ether oxygens (including phenoxy) is 1. The van der Waals surface area contributed by atoms with Gasteiger partial charge in [-0.15, -0.1) is 0 Å². The van der Waals surface area contributed by atoms with Crippen LogP contribution in [0.5, 0.6) is 0 Å². The van der Waals surface area contributed by atoms with Crippen LogP contribution >= 0.6 is 0 Å². The van der Waals surface area contributed by atoms with Crippen molar-refractivity contribution >= 4 is 15.9 Å². The predicted molar refractivity (Wildman–Crippen MR) is 83.6 cm³/mol. The molecule has 0 saturated carbocycles. The number of aryl methyl sites for hydroxylation is 1. The minimum absolute atomic E-state index is 0.104. The summed E-state index contributed by atoms with van der Waals surface area (Å²) < 4.78 is 36.1. The highest BCUT2D eigenvalue weighted by Crippen LogP contribution is 2.36. The van der Waals surface area contributed by atoms with Gasteiger partial charge in [-0.05, 0) is 37.8 Å². The number of carbonyl (C=O) groups excluding carboxylic acids is 1. The van der Waals surface area contributed by atoms with Gasteiger partial charge in [-0.25, -0.2) is 13.1 Å². The van der Waals surface area contributed by atoms with Crippen molar-refractivity contribution in [3.05, 3.63) is 23.7 Å². The Hall–Kier alpha value is -1.38. The number of amides is 1. The van der Waals surface area contributed by atoms with E-state index in [0.29, 0.717) is 32.0 Å². The van der Waals surface area contributed by atoms with Crippen LogP contribution in [-0.4, -0.2) is 57.3 Å². The number of likely N-dealkylation sites (tertiary alicyclic amines) is 1. The number of nitrogens with zero attached hydrogens (tertiary/aromatic N) is 1. The minimum Gasteiger partial charge on any atom is -0.456 e. The smallest absolute Gasteiger partial charge is 0.289 e. The molecule has 2 aliphatic rings. The van der Waals surface area contributed by atoms with Crippen LogP contribution in [0.1, 0.15) is 29.2 Å². The molecule has 1 atom stereocenters. The van der Waals surface area contributed by atoms with E-state index in [1.54, 1.807) is 17.0 Å². The SMILES string of the molecule is Cc1ccc(C(=O)N2CC3(CC[C@@H](CNS(C)(=O)=O)CO3)C2)o1. The highest BCUT2D eigenvalue weighted by Gasteiger charge is 2.49. The fourth-order valence-corrected chi connectivity index (χ4v) is 3.63. The second-order valence-corrected chi connectivity index (χ2v) is 8.42. The fraction of sp³-hybridized carbons (Fsp3) is 0.667. The first-order chi connectivity index (χ1) is 10.8. The van der Waals surface area contributed by atoms with Crippen LogP contribution in [0.15, 0.2) is 16.5 Å². The van der Waals surface area contributed by atoms with Crippen molar-refractivity contribution in [2.45, 2.75) is 25.4 Å². The predicted octanol–water partition coefficient (Wildman–Crippen LogP) is 0.758. The Labute approximate surface area is 136 Å². The van der Waals surface area contributed by atoms with E-state index in [2.05, 4.69) is 4.72 Å². The Balaban J connectivity index is 1.47. The molecule has 0 aliphatic carbocycles. The van der Waals surface area contributed by atoms with E-state index in [1.807, 2.05) is 6.92 Å². The fourth-order valence-electron chi connectivity index (χ4n) is 3.10. The van der Waals surface area contributed by atoms with Gasteiger partial charge in [0.25, 0.3) is 5.91 Å². The zero-order valence-corrected chi connectivity index (χ0v) is 14.2. The number of furan rings is 1. The number of sulfonamides is 1. The van der Waals surface area contributed by atoms with Crippen LogP contribution < -0.4 is 4.72 Å². The molecule has 2 aliphatic heterocycles. The first kappa shape index (κ1) is 16.5. The van der Waals surface area contributed by atoms with E-state index in [9.17, 15) is 13.2 Å². The van der Waals surface area contributed by atoms with Crippen molar-refractivity contribution in [2.24, 2.45) is 5.92 Å². The topological polar surface area (TPSA) is 88.9 Å². The molecule has 0 radical (unpaired) electrons. The van der Waals surface area contributed by atoms with E-state index in [-0.39, 0.29) is 17.4 Å².